The number of benzene rings is 1. The summed E-state index contributed by atoms with van der Waals surface area (Å²) in [7, 11) is -3.49. The molecule has 0 amide bonds. The van der Waals surface area contributed by atoms with E-state index in [-0.39, 0.29) is 0 Å². The summed E-state index contributed by atoms with van der Waals surface area (Å²) in [5, 5.41) is 2.38. The number of hydrogen-bond acceptors (Lipinski definition) is 5. The third-order valence-electron chi connectivity index (χ3n) is 3.52. The van der Waals surface area contributed by atoms with Gasteiger partial charge in [-0.25, -0.2) is 8.42 Å². The summed E-state index contributed by atoms with van der Waals surface area (Å²) in [6.07, 6.45) is -9.65. The summed E-state index contributed by atoms with van der Waals surface area (Å²) < 4.78 is 105. The molecule has 0 fully saturated rings. The average molecular weight is 438 g/mol. The Bertz CT molecular complexity index is 942. The van der Waals surface area contributed by atoms with E-state index in [1.807, 2.05) is 0 Å². The molecule has 2 aromatic rings. The zero-order chi connectivity index (χ0) is 20.8. The van der Waals surface area contributed by atoms with Gasteiger partial charge in [-0.1, -0.05) is 16.8 Å². The third kappa shape index (κ3) is 4.35. The Hall–Kier alpha value is -1.86. The van der Waals surface area contributed by atoms with E-state index in [2.05, 4.69) is 14.7 Å². The Morgan fingerprint density at radius 2 is 1.74 bits per heavy atom. The topological polar surface area (TPSA) is 76.3 Å². The van der Waals surface area contributed by atoms with Crippen LogP contribution in [-0.4, -0.2) is 29.9 Å². The highest BCUT2D eigenvalue weighted by molar-refractivity contribution is 7.89. The maximum atomic E-state index is 12.7. The highest BCUT2D eigenvalue weighted by Gasteiger charge is 2.40. The molecule has 1 atom stereocenters. The van der Waals surface area contributed by atoms with Crippen LogP contribution >= 0.6 is 11.6 Å². The summed E-state index contributed by atoms with van der Waals surface area (Å²) in [5.41, 5.74) is -1.16. The minimum atomic E-state index is -4.92. The first-order valence-electron chi connectivity index (χ1n) is 6.91. The summed E-state index contributed by atoms with van der Waals surface area (Å²) in [5.74, 6) is -2.25. The molecule has 0 aliphatic rings. The van der Waals surface area contributed by atoms with Crippen LogP contribution in [0.15, 0.2) is 27.6 Å². The second kappa shape index (κ2) is 6.95. The van der Waals surface area contributed by atoms with Gasteiger partial charge in [-0.2, -0.15) is 35.6 Å². The quantitative estimate of drug-likeness (QED) is 0.672. The molecule has 0 N–H and O–H groups in total. The van der Waals surface area contributed by atoms with Gasteiger partial charge in [0.25, 0.3) is 0 Å². The molecule has 150 valence electrons. The van der Waals surface area contributed by atoms with Crippen LogP contribution in [0.5, 0.6) is 0 Å². The molecule has 14 heteroatoms. The summed E-state index contributed by atoms with van der Waals surface area (Å²) in [4.78, 5) is 2.43. The van der Waals surface area contributed by atoms with Crippen molar-refractivity contribution in [2.45, 2.75) is 30.2 Å². The average Bonchev–Trinajstić information content (AvgIpc) is 3.02. The molecule has 1 aromatic heterocycles. The standard InChI is InChI=1S/C13H10ClF6N3O3S/c1-6(10-21-11(26-22-10)13(18,19)20)23(2)27(24,25)9-4-3-7(5-8(9)14)12(15,16)17/h3-6H,1-2H3/t6-/m0/s1. The van der Waals surface area contributed by atoms with Gasteiger partial charge in [0.1, 0.15) is 4.90 Å². The van der Waals surface area contributed by atoms with Crippen LogP contribution in [0.25, 0.3) is 0 Å². The Balaban J connectivity index is 2.37. The van der Waals surface area contributed by atoms with Gasteiger partial charge < -0.3 is 4.52 Å². The first-order chi connectivity index (χ1) is 12.2. The van der Waals surface area contributed by atoms with Gasteiger partial charge in [0.2, 0.25) is 10.0 Å². The molecule has 27 heavy (non-hydrogen) atoms. The number of hydrogen-bond donors (Lipinski definition) is 0. The van der Waals surface area contributed by atoms with Gasteiger partial charge in [0.05, 0.1) is 16.6 Å². The van der Waals surface area contributed by atoms with Gasteiger partial charge in [-0.05, 0) is 25.1 Å². The van der Waals surface area contributed by atoms with Crippen molar-refractivity contribution in [2.75, 3.05) is 7.05 Å². The number of halogens is 7. The highest BCUT2D eigenvalue weighted by Crippen LogP contribution is 2.35. The van der Waals surface area contributed by atoms with Gasteiger partial charge in [-0.3, -0.25) is 0 Å². The zero-order valence-corrected chi connectivity index (χ0v) is 15.0. The van der Waals surface area contributed by atoms with Crippen molar-refractivity contribution in [3.8, 4) is 0 Å². The van der Waals surface area contributed by atoms with Crippen LogP contribution in [0.1, 0.15) is 30.2 Å². The van der Waals surface area contributed by atoms with Crippen LogP contribution in [0.3, 0.4) is 0 Å². The number of aromatic nitrogens is 2. The van der Waals surface area contributed by atoms with Crippen molar-refractivity contribution in [2.24, 2.45) is 0 Å². The summed E-state index contributed by atoms with van der Waals surface area (Å²) in [6.45, 7) is 1.17. The molecule has 0 radical (unpaired) electrons. The van der Waals surface area contributed by atoms with Crippen molar-refractivity contribution in [3.63, 3.8) is 0 Å². The van der Waals surface area contributed by atoms with Crippen molar-refractivity contribution in [1.82, 2.24) is 14.4 Å². The summed E-state index contributed by atoms with van der Waals surface area (Å²) >= 11 is 5.67. The molecule has 0 saturated heterocycles. The Morgan fingerprint density at radius 1 is 1.15 bits per heavy atom. The van der Waals surface area contributed by atoms with E-state index in [4.69, 9.17) is 11.6 Å². The van der Waals surface area contributed by atoms with Crippen molar-refractivity contribution in [3.05, 3.63) is 40.5 Å². The van der Waals surface area contributed by atoms with E-state index in [9.17, 15) is 34.8 Å². The van der Waals surface area contributed by atoms with Crippen molar-refractivity contribution in [1.29, 1.82) is 0 Å². The first-order valence-corrected chi connectivity index (χ1v) is 8.73. The fourth-order valence-corrected chi connectivity index (χ4v) is 3.77. The minimum absolute atomic E-state index is 0.434. The van der Waals surface area contributed by atoms with Crippen molar-refractivity contribution < 1.29 is 39.3 Å². The minimum Gasteiger partial charge on any atom is -0.329 e. The largest absolute Gasteiger partial charge is 0.471 e. The van der Waals surface area contributed by atoms with Crippen LogP contribution < -0.4 is 0 Å². The van der Waals surface area contributed by atoms with E-state index in [0.29, 0.717) is 22.5 Å². The maximum Gasteiger partial charge on any atom is 0.471 e. The van der Waals surface area contributed by atoms with Crippen LogP contribution in [0, 0.1) is 0 Å². The fourth-order valence-electron chi connectivity index (χ4n) is 1.93. The molecule has 0 unspecified atom stereocenters. The number of nitrogens with zero attached hydrogens (tertiary/aromatic N) is 3. The predicted octanol–water partition coefficient (Wildman–Crippen LogP) is 4.14. The van der Waals surface area contributed by atoms with Gasteiger partial charge in [-0.15, -0.1) is 0 Å². The second-order valence-electron chi connectivity index (χ2n) is 5.30. The lowest BCUT2D eigenvalue weighted by molar-refractivity contribution is -0.159. The smallest absolute Gasteiger partial charge is 0.329 e. The Kier molecular flexibility index (Phi) is 5.52. The number of rotatable bonds is 4. The van der Waals surface area contributed by atoms with E-state index < -0.39 is 55.6 Å². The van der Waals surface area contributed by atoms with Gasteiger partial charge >= 0.3 is 18.2 Å². The number of sulfonamides is 1. The van der Waals surface area contributed by atoms with Gasteiger partial charge in [0, 0.05) is 7.05 Å². The Labute approximate surface area is 153 Å². The second-order valence-corrected chi connectivity index (χ2v) is 7.67. The van der Waals surface area contributed by atoms with Gasteiger partial charge in [0.15, 0.2) is 5.82 Å². The fraction of sp³-hybridized carbons (Fsp3) is 0.385. The van der Waals surface area contributed by atoms with Crippen LogP contribution in [0.2, 0.25) is 5.02 Å². The van der Waals surface area contributed by atoms with Crippen LogP contribution in [-0.2, 0) is 22.4 Å². The predicted molar refractivity (Wildman–Crippen MR) is 79.1 cm³/mol. The number of alkyl halides is 6. The molecule has 0 saturated carbocycles. The van der Waals surface area contributed by atoms with Crippen LogP contribution in [0.4, 0.5) is 26.3 Å². The third-order valence-corrected chi connectivity index (χ3v) is 5.93. The highest BCUT2D eigenvalue weighted by atomic mass is 35.5. The normalized spacial score (nSPS) is 14.6. The lowest BCUT2D eigenvalue weighted by Gasteiger charge is -2.22. The van der Waals surface area contributed by atoms with E-state index >= 15 is 0 Å². The molecule has 6 nitrogen and oxygen atoms in total. The molecule has 0 aliphatic heterocycles. The zero-order valence-electron chi connectivity index (χ0n) is 13.4. The first kappa shape index (κ1) is 21.4. The molecule has 1 heterocycles. The molecule has 0 aliphatic carbocycles. The maximum absolute atomic E-state index is 12.7. The monoisotopic (exact) mass is 437 g/mol. The Morgan fingerprint density at radius 3 is 2.19 bits per heavy atom. The van der Waals surface area contributed by atoms with E-state index in [1.54, 1.807) is 0 Å². The SMILES string of the molecule is C[C@@H](c1noc(C(F)(F)F)n1)N(C)S(=O)(=O)c1ccc(C(F)(F)F)cc1Cl. The van der Waals surface area contributed by atoms with E-state index in [1.165, 1.54) is 6.92 Å². The lowest BCUT2D eigenvalue weighted by Crippen LogP contribution is -2.30. The molecular weight excluding hydrogens is 428 g/mol. The molecule has 2 rings (SSSR count). The van der Waals surface area contributed by atoms with E-state index in [0.717, 1.165) is 7.05 Å². The van der Waals surface area contributed by atoms with Crippen molar-refractivity contribution >= 4 is 21.6 Å². The molecule has 0 bridgehead atoms. The molecule has 0 spiro atoms. The molecular formula is C13H10ClF6N3O3S. The lowest BCUT2D eigenvalue weighted by atomic mass is 10.2. The molecule has 1 aromatic carbocycles. The summed E-state index contributed by atoms with van der Waals surface area (Å²) in [6, 6.07) is 0.283.